The van der Waals surface area contributed by atoms with Crippen LogP contribution < -0.4 is 5.32 Å². The summed E-state index contributed by atoms with van der Waals surface area (Å²) in [7, 11) is 0. The van der Waals surface area contributed by atoms with Crippen LogP contribution in [0, 0.1) is 0 Å². The molecule has 3 rings (SSSR count). The second kappa shape index (κ2) is 49.5. The molecule has 0 saturated carbocycles. The van der Waals surface area contributed by atoms with Crippen molar-refractivity contribution in [1.82, 2.24) is 5.32 Å². The Morgan fingerprint density at radius 2 is 0.671 bits per heavy atom. The maximum Gasteiger partial charge on any atom is 0.220 e. The molecule has 17 unspecified atom stereocenters. The molecule has 12 N–H and O–H groups in total. The number of hydrogen-bond donors (Lipinski definition) is 12. The van der Waals surface area contributed by atoms with Crippen molar-refractivity contribution in [3.63, 3.8) is 0 Å². The van der Waals surface area contributed by atoms with Gasteiger partial charge in [-0.05, 0) is 12.8 Å². The van der Waals surface area contributed by atoms with Crippen LogP contribution in [0.5, 0.6) is 0 Å². The molecule has 3 aliphatic rings. The zero-order valence-corrected chi connectivity index (χ0v) is 53.1. The van der Waals surface area contributed by atoms with Crippen molar-refractivity contribution in [3.05, 3.63) is 0 Å². The van der Waals surface area contributed by atoms with Gasteiger partial charge >= 0.3 is 0 Å². The lowest BCUT2D eigenvalue weighted by Crippen LogP contribution is -2.66. The summed E-state index contributed by atoms with van der Waals surface area (Å²) in [5.74, 6) is -0.239. The van der Waals surface area contributed by atoms with Crippen molar-refractivity contribution in [2.45, 2.75) is 388 Å². The summed E-state index contributed by atoms with van der Waals surface area (Å²) in [6.07, 6.45) is 25.3. The first-order valence-electron chi connectivity index (χ1n) is 34.8. The van der Waals surface area contributed by atoms with E-state index in [0.717, 1.165) is 44.9 Å². The van der Waals surface area contributed by atoms with Crippen LogP contribution in [0.25, 0.3) is 0 Å². The fourth-order valence-electron chi connectivity index (χ4n) is 12.3. The highest BCUT2D eigenvalue weighted by molar-refractivity contribution is 5.76. The van der Waals surface area contributed by atoms with Gasteiger partial charge in [-0.25, -0.2) is 0 Å². The lowest BCUT2D eigenvalue weighted by molar-refractivity contribution is -0.379. The van der Waals surface area contributed by atoms with E-state index in [1.807, 2.05) is 0 Å². The molecule has 0 aromatic carbocycles. The van der Waals surface area contributed by atoms with Crippen LogP contribution >= 0.6 is 0 Å². The molecule has 0 bridgehead atoms. The average Bonchev–Trinajstić information content (AvgIpc) is 2.29. The number of ether oxygens (including phenoxy) is 6. The maximum absolute atomic E-state index is 13.4. The van der Waals surface area contributed by atoms with Gasteiger partial charge in [0.1, 0.15) is 73.2 Å². The highest BCUT2D eigenvalue weighted by Crippen LogP contribution is 2.33. The Bertz CT molecular complexity index is 1550. The van der Waals surface area contributed by atoms with Gasteiger partial charge in [0.25, 0.3) is 0 Å². The summed E-state index contributed by atoms with van der Waals surface area (Å²) in [6.45, 7) is 1.79. The number of amides is 1. The van der Waals surface area contributed by atoms with Crippen LogP contribution in [0.1, 0.15) is 284 Å². The zero-order chi connectivity index (χ0) is 61.9. The van der Waals surface area contributed by atoms with E-state index in [1.165, 1.54) is 205 Å². The van der Waals surface area contributed by atoms with Crippen molar-refractivity contribution in [3.8, 4) is 0 Å². The monoisotopic (exact) mass is 1220 g/mol. The number of rotatable bonds is 54. The van der Waals surface area contributed by atoms with Gasteiger partial charge in [0, 0.05) is 6.42 Å². The van der Waals surface area contributed by atoms with Crippen LogP contribution in [0.3, 0.4) is 0 Å². The predicted octanol–water partition coefficient (Wildman–Crippen LogP) is 8.72. The minimum atomic E-state index is -1.97. The third-order valence-electron chi connectivity index (χ3n) is 17.9. The van der Waals surface area contributed by atoms with Gasteiger partial charge in [-0.2, -0.15) is 0 Å². The van der Waals surface area contributed by atoms with Crippen LogP contribution in [0.2, 0.25) is 0 Å². The largest absolute Gasteiger partial charge is 0.394 e. The summed E-state index contributed by atoms with van der Waals surface area (Å²) in [6, 6.07) is -0.879. The first kappa shape index (κ1) is 78.0. The summed E-state index contributed by atoms with van der Waals surface area (Å²) in [5.41, 5.74) is 0. The van der Waals surface area contributed by atoms with E-state index in [2.05, 4.69) is 19.2 Å². The molecule has 0 spiro atoms. The Hall–Kier alpha value is -1.21. The number of nitrogens with one attached hydrogen (secondary N) is 1. The van der Waals surface area contributed by atoms with Gasteiger partial charge in [-0.3, -0.25) is 4.79 Å². The first-order chi connectivity index (χ1) is 41.3. The summed E-state index contributed by atoms with van der Waals surface area (Å²) in [4.78, 5) is 13.4. The van der Waals surface area contributed by atoms with Crippen LogP contribution in [-0.4, -0.2) is 193 Å². The Labute approximate surface area is 513 Å². The zero-order valence-electron chi connectivity index (χ0n) is 53.1. The fraction of sp³-hybridized carbons (Fsp3) is 0.985. The van der Waals surface area contributed by atoms with Gasteiger partial charge in [-0.1, -0.05) is 264 Å². The molecular formula is C66H127NO18. The predicted molar refractivity (Wildman–Crippen MR) is 328 cm³/mol. The van der Waals surface area contributed by atoms with Gasteiger partial charge in [0.05, 0.1) is 38.6 Å². The molecule has 85 heavy (non-hydrogen) atoms. The molecule has 504 valence electrons. The van der Waals surface area contributed by atoms with Crippen molar-refractivity contribution in [2.24, 2.45) is 0 Å². The third-order valence-corrected chi connectivity index (χ3v) is 17.9. The van der Waals surface area contributed by atoms with E-state index in [4.69, 9.17) is 28.4 Å². The van der Waals surface area contributed by atoms with E-state index in [-0.39, 0.29) is 18.9 Å². The number of aliphatic hydroxyl groups excluding tert-OH is 11. The number of aliphatic hydroxyl groups is 11. The lowest BCUT2D eigenvalue weighted by atomic mass is 9.96. The standard InChI is InChI=1S/C66H127NO18/c1-3-5-7-9-11-13-14-15-16-17-18-19-20-21-22-23-24-25-26-27-28-29-30-31-32-33-34-36-38-40-42-44-54(72)67-49(50(71)43-41-39-37-35-12-10-8-6-4-2)48-80-64-60(78)57(75)62(52(46-69)82-64)85-66-61(79)58(76)63(53(47-70)83-66)84-65-59(77)56(74)55(73)51(45-68)81-65/h49-53,55-66,68-71,73-79H,3-48H2,1-2H3,(H,67,72). The van der Waals surface area contributed by atoms with E-state index < -0.39 is 124 Å². The molecule has 19 heteroatoms. The number of unbranched alkanes of at least 4 members (excludes halogenated alkanes) is 38. The highest BCUT2D eigenvalue weighted by Gasteiger charge is 2.53. The maximum atomic E-state index is 13.4. The van der Waals surface area contributed by atoms with Gasteiger partial charge in [0.15, 0.2) is 18.9 Å². The fourth-order valence-corrected chi connectivity index (χ4v) is 12.3. The second-order valence-corrected chi connectivity index (χ2v) is 25.4. The lowest BCUT2D eigenvalue weighted by Gasteiger charge is -2.48. The normalized spacial score (nSPS) is 28.9. The Kier molecular flexibility index (Phi) is 45.4. The molecule has 0 aromatic rings. The molecule has 3 fully saturated rings. The smallest absolute Gasteiger partial charge is 0.220 e. The van der Waals surface area contributed by atoms with E-state index in [0.29, 0.717) is 12.8 Å². The van der Waals surface area contributed by atoms with E-state index in [9.17, 15) is 61.0 Å². The SMILES string of the molecule is CCCCCCCCCCCCCCCCCCCCCCCCCCCCCCCCCC(=O)NC(COC1OC(CO)C(OC2OC(CO)C(OC3OC(CO)C(O)C(O)C3O)C(O)C2O)C(O)C1O)C(O)CCCCCCCCCCC. The van der Waals surface area contributed by atoms with E-state index in [1.54, 1.807) is 0 Å². The van der Waals surface area contributed by atoms with Crippen LogP contribution in [0.15, 0.2) is 0 Å². The Morgan fingerprint density at radius 3 is 1.02 bits per heavy atom. The number of carbonyl (C=O) groups excluding carboxylic acids is 1. The summed E-state index contributed by atoms with van der Waals surface area (Å²) in [5, 5.41) is 120. The molecule has 1 amide bonds. The van der Waals surface area contributed by atoms with Crippen LogP contribution in [-0.2, 0) is 33.2 Å². The number of hydrogen-bond acceptors (Lipinski definition) is 18. The molecule has 3 aliphatic heterocycles. The van der Waals surface area contributed by atoms with Crippen LogP contribution in [0.4, 0.5) is 0 Å². The third kappa shape index (κ3) is 32.1. The minimum absolute atomic E-state index is 0.239. The number of carbonyl (C=O) groups is 1. The highest BCUT2D eigenvalue weighted by atomic mass is 16.8. The quantitative estimate of drug-likeness (QED) is 0.0253. The molecule has 3 heterocycles. The summed E-state index contributed by atoms with van der Waals surface area (Å²) >= 11 is 0. The second-order valence-electron chi connectivity index (χ2n) is 25.4. The molecule has 3 saturated heterocycles. The van der Waals surface area contributed by atoms with E-state index >= 15 is 0 Å². The minimum Gasteiger partial charge on any atom is -0.394 e. The van der Waals surface area contributed by atoms with Crippen molar-refractivity contribution in [1.29, 1.82) is 0 Å². The molecule has 17 atom stereocenters. The first-order valence-corrected chi connectivity index (χ1v) is 34.8. The molecule has 0 aliphatic carbocycles. The molecule has 0 radical (unpaired) electrons. The van der Waals surface area contributed by atoms with Gasteiger partial charge < -0.3 is 89.9 Å². The van der Waals surface area contributed by atoms with Gasteiger partial charge in [-0.15, -0.1) is 0 Å². The van der Waals surface area contributed by atoms with Gasteiger partial charge in [0.2, 0.25) is 5.91 Å². The Balaban J connectivity index is 1.32. The average molecular weight is 1220 g/mol. The molecular weight excluding hydrogens is 1090 g/mol. The van der Waals surface area contributed by atoms with Crippen molar-refractivity contribution in [2.75, 3.05) is 26.4 Å². The van der Waals surface area contributed by atoms with Crippen molar-refractivity contribution >= 4 is 5.91 Å². The topological polar surface area (TPSA) is 307 Å². The molecule has 19 nitrogen and oxygen atoms in total. The molecule has 0 aromatic heterocycles. The summed E-state index contributed by atoms with van der Waals surface area (Å²) < 4.78 is 34.3. The Morgan fingerprint density at radius 1 is 0.376 bits per heavy atom. The van der Waals surface area contributed by atoms with Crippen molar-refractivity contribution < 1.29 is 89.4 Å².